The van der Waals surface area contributed by atoms with Gasteiger partial charge in [-0.15, -0.1) is 11.3 Å². The highest BCUT2D eigenvalue weighted by Gasteiger charge is 2.28. The smallest absolute Gasteiger partial charge is 0.306 e. The van der Waals surface area contributed by atoms with Crippen LogP contribution in [0.3, 0.4) is 0 Å². The van der Waals surface area contributed by atoms with Gasteiger partial charge in [0.05, 0.1) is 29.6 Å². The molecule has 0 saturated carbocycles. The number of hydrogen-bond acceptors (Lipinski definition) is 7. The number of aromatic nitrogens is 2. The SMILES string of the molecule is COC(=O)CC(CC(=O)N(C)c1ccccc1)c1noc(-c2cncs2)c1C. The Balaban J connectivity index is 1.85. The van der Waals surface area contributed by atoms with E-state index < -0.39 is 11.9 Å². The fourth-order valence-corrected chi connectivity index (χ4v) is 3.63. The minimum Gasteiger partial charge on any atom is -0.469 e. The first kappa shape index (κ1) is 19.8. The van der Waals surface area contributed by atoms with Crippen molar-refractivity contribution < 1.29 is 18.8 Å². The van der Waals surface area contributed by atoms with E-state index in [9.17, 15) is 9.59 Å². The molecule has 0 aliphatic heterocycles. The lowest BCUT2D eigenvalue weighted by molar-refractivity contribution is -0.141. The molecule has 1 aromatic carbocycles. The molecule has 0 bridgehead atoms. The highest BCUT2D eigenvalue weighted by Crippen LogP contribution is 2.34. The van der Waals surface area contributed by atoms with E-state index in [0.717, 1.165) is 16.1 Å². The average Bonchev–Trinajstić information content (AvgIpc) is 3.36. The van der Waals surface area contributed by atoms with Crippen molar-refractivity contribution in [3.63, 3.8) is 0 Å². The van der Waals surface area contributed by atoms with Crippen molar-refractivity contribution in [3.05, 3.63) is 53.3 Å². The third kappa shape index (κ3) is 4.28. The second-order valence-corrected chi connectivity index (χ2v) is 7.24. The molecule has 2 heterocycles. The van der Waals surface area contributed by atoms with Gasteiger partial charge in [-0.2, -0.15) is 0 Å². The number of anilines is 1. The van der Waals surface area contributed by atoms with Gasteiger partial charge in [0.25, 0.3) is 0 Å². The fourth-order valence-electron chi connectivity index (χ4n) is 2.98. The van der Waals surface area contributed by atoms with Gasteiger partial charge in [0.1, 0.15) is 0 Å². The van der Waals surface area contributed by atoms with Crippen LogP contribution in [-0.2, 0) is 14.3 Å². The first-order chi connectivity index (χ1) is 13.5. The molecule has 0 spiro atoms. The van der Waals surface area contributed by atoms with Crippen molar-refractivity contribution in [3.8, 4) is 10.6 Å². The minimum absolute atomic E-state index is 0.0420. The molecular formula is C20H21N3O4S. The number of carbonyl (C=O) groups is 2. The van der Waals surface area contributed by atoms with E-state index >= 15 is 0 Å². The molecule has 1 amide bonds. The zero-order valence-corrected chi connectivity index (χ0v) is 16.7. The Kier molecular flexibility index (Phi) is 6.20. The Labute approximate surface area is 166 Å². The highest BCUT2D eigenvalue weighted by molar-refractivity contribution is 7.13. The number of methoxy groups -OCH3 is 1. The van der Waals surface area contributed by atoms with Gasteiger partial charge < -0.3 is 14.2 Å². The fraction of sp³-hybridized carbons (Fsp3) is 0.300. The molecule has 7 nitrogen and oxygen atoms in total. The monoisotopic (exact) mass is 399 g/mol. The van der Waals surface area contributed by atoms with Crippen molar-refractivity contribution in [2.24, 2.45) is 0 Å². The van der Waals surface area contributed by atoms with Crippen LogP contribution < -0.4 is 4.90 Å². The molecule has 0 aliphatic carbocycles. The van der Waals surface area contributed by atoms with E-state index in [4.69, 9.17) is 9.26 Å². The largest absolute Gasteiger partial charge is 0.469 e. The summed E-state index contributed by atoms with van der Waals surface area (Å²) in [5.41, 5.74) is 3.88. The zero-order valence-electron chi connectivity index (χ0n) is 15.9. The molecule has 0 saturated heterocycles. The van der Waals surface area contributed by atoms with Gasteiger partial charge in [-0.3, -0.25) is 14.6 Å². The van der Waals surface area contributed by atoms with E-state index in [0.29, 0.717) is 11.5 Å². The Hall–Kier alpha value is -3.00. The third-order valence-electron chi connectivity index (χ3n) is 4.58. The van der Waals surface area contributed by atoms with Crippen LogP contribution >= 0.6 is 11.3 Å². The van der Waals surface area contributed by atoms with Crippen LogP contribution in [0.15, 0.2) is 46.6 Å². The van der Waals surface area contributed by atoms with Crippen molar-refractivity contribution in [1.82, 2.24) is 10.1 Å². The van der Waals surface area contributed by atoms with Crippen LogP contribution in [0.5, 0.6) is 0 Å². The molecule has 0 radical (unpaired) electrons. The van der Waals surface area contributed by atoms with Crippen LogP contribution in [0.2, 0.25) is 0 Å². The normalized spacial score (nSPS) is 11.8. The maximum atomic E-state index is 12.9. The molecule has 2 aromatic heterocycles. The molecular weight excluding hydrogens is 378 g/mol. The van der Waals surface area contributed by atoms with Gasteiger partial charge in [-0.05, 0) is 19.1 Å². The second kappa shape index (κ2) is 8.79. The number of ether oxygens (including phenoxy) is 1. The number of esters is 1. The number of thiazole rings is 1. The van der Waals surface area contributed by atoms with Crippen molar-refractivity contribution >= 4 is 28.9 Å². The van der Waals surface area contributed by atoms with Crippen molar-refractivity contribution in [2.75, 3.05) is 19.1 Å². The van der Waals surface area contributed by atoms with Crippen molar-refractivity contribution in [1.29, 1.82) is 0 Å². The Morgan fingerprint density at radius 1 is 1.25 bits per heavy atom. The molecule has 3 aromatic rings. The third-order valence-corrected chi connectivity index (χ3v) is 5.35. The van der Waals surface area contributed by atoms with Gasteiger partial charge in [0, 0.05) is 36.8 Å². The number of carbonyl (C=O) groups excluding carboxylic acids is 2. The molecule has 0 fully saturated rings. The predicted molar refractivity (Wildman–Crippen MR) is 106 cm³/mol. The van der Waals surface area contributed by atoms with E-state index in [1.807, 2.05) is 37.3 Å². The van der Waals surface area contributed by atoms with Crippen LogP contribution in [0.4, 0.5) is 5.69 Å². The molecule has 146 valence electrons. The summed E-state index contributed by atoms with van der Waals surface area (Å²) < 4.78 is 10.3. The van der Waals surface area contributed by atoms with Gasteiger partial charge in [-0.25, -0.2) is 0 Å². The topological polar surface area (TPSA) is 85.5 Å². The molecule has 3 rings (SSSR count). The average molecular weight is 399 g/mol. The number of benzene rings is 1. The lowest BCUT2D eigenvalue weighted by Gasteiger charge is -2.20. The number of hydrogen-bond donors (Lipinski definition) is 0. The second-order valence-electron chi connectivity index (χ2n) is 6.36. The van der Waals surface area contributed by atoms with Gasteiger partial charge in [-0.1, -0.05) is 23.4 Å². The Morgan fingerprint density at radius 3 is 2.64 bits per heavy atom. The first-order valence-electron chi connectivity index (χ1n) is 8.74. The summed E-state index contributed by atoms with van der Waals surface area (Å²) in [5.74, 6) is -0.364. The van der Waals surface area contributed by atoms with Crippen molar-refractivity contribution in [2.45, 2.75) is 25.7 Å². The number of nitrogens with zero attached hydrogens (tertiary/aromatic N) is 3. The number of rotatable bonds is 7. The number of para-hydroxylation sites is 1. The molecule has 1 unspecified atom stereocenters. The van der Waals surface area contributed by atoms with E-state index in [1.165, 1.54) is 18.4 Å². The maximum absolute atomic E-state index is 12.9. The number of amides is 1. The first-order valence-corrected chi connectivity index (χ1v) is 9.62. The molecule has 0 aliphatic rings. The summed E-state index contributed by atoms with van der Waals surface area (Å²) in [6, 6.07) is 9.34. The molecule has 8 heteroatoms. The lowest BCUT2D eigenvalue weighted by atomic mass is 9.93. The standard InChI is InChI=1S/C20H21N3O4S/c1-13-19(22-27-20(13)16-11-21-12-28-16)14(10-18(25)26-3)9-17(24)23(2)15-7-5-4-6-8-15/h4-8,11-12,14H,9-10H2,1-3H3. The van der Waals surface area contributed by atoms with Gasteiger partial charge in [0.15, 0.2) is 5.76 Å². The van der Waals surface area contributed by atoms with Gasteiger partial charge in [0.2, 0.25) is 5.91 Å². The maximum Gasteiger partial charge on any atom is 0.306 e. The summed E-state index contributed by atoms with van der Waals surface area (Å²) in [6.07, 6.45) is 1.85. The Bertz CT molecular complexity index is 938. The highest BCUT2D eigenvalue weighted by atomic mass is 32.1. The molecule has 0 N–H and O–H groups in total. The summed E-state index contributed by atoms with van der Waals surface area (Å²) >= 11 is 1.44. The van der Waals surface area contributed by atoms with Gasteiger partial charge >= 0.3 is 5.97 Å². The summed E-state index contributed by atoms with van der Waals surface area (Å²) in [5, 5.41) is 4.17. The van der Waals surface area contributed by atoms with E-state index in [1.54, 1.807) is 23.7 Å². The van der Waals surface area contributed by atoms with Crippen LogP contribution in [0, 0.1) is 6.92 Å². The lowest BCUT2D eigenvalue weighted by Crippen LogP contribution is -2.28. The van der Waals surface area contributed by atoms with Crippen LogP contribution in [-0.4, -0.2) is 36.2 Å². The van der Waals surface area contributed by atoms with E-state index in [2.05, 4.69) is 10.1 Å². The van der Waals surface area contributed by atoms with Crippen LogP contribution in [0.25, 0.3) is 10.6 Å². The Morgan fingerprint density at radius 2 is 2.00 bits per heavy atom. The molecule has 1 atom stereocenters. The quantitative estimate of drug-likeness (QED) is 0.562. The minimum atomic E-state index is -0.448. The predicted octanol–water partition coefficient (Wildman–Crippen LogP) is 3.81. The van der Waals surface area contributed by atoms with E-state index in [-0.39, 0.29) is 18.7 Å². The molecule has 28 heavy (non-hydrogen) atoms. The summed E-state index contributed by atoms with van der Waals surface area (Å²) in [4.78, 5) is 31.3. The summed E-state index contributed by atoms with van der Waals surface area (Å²) in [7, 11) is 3.04. The van der Waals surface area contributed by atoms with Crippen LogP contribution in [0.1, 0.15) is 30.0 Å². The summed E-state index contributed by atoms with van der Waals surface area (Å²) in [6.45, 7) is 1.87. The zero-order chi connectivity index (χ0) is 20.1.